The van der Waals surface area contributed by atoms with E-state index in [0.717, 1.165) is 133 Å². The first kappa shape index (κ1) is 109. The van der Waals surface area contributed by atoms with E-state index in [2.05, 4.69) is 168 Å². The Bertz CT molecular complexity index is 3050. The number of hydrogen-bond acceptors (Lipinski definition) is 5. The number of carbonyl (C=O) groups is 1. The van der Waals surface area contributed by atoms with Crippen molar-refractivity contribution in [3.05, 3.63) is 187 Å². The Balaban J connectivity index is -0.000000269. The van der Waals surface area contributed by atoms with E-state index >= 15 is 0 Å². The molecule has 4 N–H and O–H groups in total. The summed E-state index contributed by atoms with van der Waals surface area (Å²) in [6.07, 6.45) is 22.2. The summed E-state index contributed by atoms with van der Waals surface area (Å²) < 4.78 is 0. The molecule has 101 heavy (non-hydrogen) atoms. The van der Waals surface area contributed by atoms with Gasteiger partial charge in [-0.3, -0.25) is 4.79 Å². The zero-order valence-corrected chi connectivity index (χ0v) is 75.8. The zero-order chi connectivity index (χ0) is 70.3. The van der Waals surface area contributed by atoms with Crippen LogP contribution in [-0.4, -0.2) is 112 Å². The van der Waals surface area contributed by atoms with Crippen molar-refractivity contribution < 1.29 is 74.8 Å². The number of rotatable bonds is 20. The van der Waals surface area contributed by atoms with E-state index in [1.165, 1.54) is 67.2 Å². The third-order valence-electron chi connectivity index (χ3n) is 19.2. The number of carbonyl (C=O) groups excluding carboxylic acids is 1. The van der Waals surface area contributed by atoms with Gasteiger partial charge in [0.15, 0.2) is 7.85 Å². The smallest absolute Gasteiger partial charge is 1.00 e. The second kappa shape index (κ2) is 55.6. The van der Waals surface area contributed by atoms with E-state index in [9.17, 15) is 10.2 Å². The summed E-state index contributed by atoms with van der Waals surface area (Å²) in [6.45, 7) is 27.1. The molecule has 5 aliphatic carbocycles. The molecule has 0 spiro atoms. The fourth-order valence-corrected chi connectivity index (χ4v) is 14.1. The van der Waals surface area contributed by atoms with Crippen molar-refractivity contribution in [1.29, 1.82) is 10.7 Å². The molecule has 5 aromatic carbocycles. The van der Waals surface area contributed by atoms with E-state index in [0.29, 0.717) is 40.8 Å². The predicted octanol–water partition coefficient (Wildman–Crippen LogP) is 12.9. The van der Waals surface area contributed by atoms with Crippen molar-refractivity contribution in [2.45, 2.75) is 237 Å². The van der Waals surface area contributed by atoms with Crippen molar-refractivity contribution in [3.8, 4) is 17.8 Å². The maximum absolute atomic E-state index is 10.9. The molecule has 2 atom stereocenters. The Hall–Kier alpha value is -0.758. The molecule has 20 heteroatoms. The monoisotopic (exact) mass is 1650 g/mol. The molecule has 541 valence electrons. The van der Waals surface area contributed by atoms with Crippen LogP contribution in [0.3, 0.4) is 0 Å². The molecule has 10 rings (SSSR count). The summed E-state index contributed by atoms with van der Waals surface area (Å²) in [7, 11) is 7.77. The van der Waals surface area contributed by atoms with Crippen LogP contribution in [-0.2, 0) is 31.9 Å². The van der Waals surface area contributed by atoms with Crippen LogP contribution in [0, 0.1) is 65.0 Å². The van der Waals surface area contributed by atoms with Gasteiger partial charge in [0, 0.05) is 74.7 Å². The number of benzene rings is 5. The van der Waals surface area contributed by atoms with Crippen molar-refractivity contribution in [1.82, 2.24) is 10.6 Å². The molecule has 5 fully saturated rings. The van der Waals surface area contributed by atoms with Crippen molar-refractivity contribution >= 4 is 151 Å². The minimum Gasteiger partial charge on any atom is -1.00 e. The number of hydrogen-bond donors (Lipinski definition) is 4. The first-order chi connectivity index (χ1) is 44.7. The summed E-state index contributed by atoms with van der Waals surface area (Å²) in [4.78, 5) is 10.9. The number of nitrogens with one attached hydrogen (secondary N) is 3. The van der Waals surface area contributed by atoms with Gasteiger partial charge in [0.1, 0.15) is 0 Å². The zero-order valence-electron chi connectivity index (χ0n) is 64.2. The number of halogens is 8. The molecular formula is C81H113B2Br2Cl6Mg2N5NaO2. The maximum Gasteiger partial charge on any atom is 2.00 e. The predicted molar refractivity (Wildman–Crippen MR) is 433 cm³/mol. The van der Waals surface area contributed by atoms with Crippen LogP contribution in [0.1, 0.15) is 227 Å². The summed E-state index contributed by atoms with van der Waals surface area (Å²) in [5, 5.41) is 45.3. The maximum atomic E-state index is 10.9. The van der Waals surface area contributed by atoms with E-state index in [1.807, 2.05) is 72.8 Å². The quantitative estimate of drug-likeness (QED) is 0.0203. The van der Waals surface area contributed by atoms with Gasteiger partial charge in [-0.05, 0) is 221 Å². The van der Waals surface area contributed by atoms with Crippen LogP contribution in [0.5, 0.6) is 0 Å². The first-order valence-corrected chi connectivity index (χ1v) is 36.2. The molecule has 2 unspecified atom stereocenters. The number of aliphatic hydroxyl groups excluding tert-OH is 1. The van der Waals surface area contributed by atoms with Crippen LogP contribution in [0.2, 0.25) is 25.1 Å². The minimum atomic E-state index is -0.204. The number of nitriles is 1. The summed E-state index contributed by atoms with van der Waals surface area (Å²) in [6, 6.07) is 43.5. The minimum absolute atomic E-state index is 0. The Kier molecular flexibility index (Phi) is 59.9. The molecule has 7 nitrogen and oxygen atoms in total. The normalized spacial score (nSPS) is 16.0. The van der Waals surface area contributed by atoms with Gasteiger partial charge in [-0.2, -0.15) is 22.7 Å². The second-order valence-corrected chi connectivity index (χ2v) is 30.5. The van der Waals surface area contributed by atoms with Crippen molar-refractivity contribution in [3.63, 3.8) is 0 Å². The molecule has 0 aromatic heterocycles. The fourth-order valence-electron chi connectivity index (χ4n) is 13.5. The first-order valence-electron chi connectivity index (χ1n) is 34.3. The standard InChI is InChI=1S/C16H22ClNO.C16H24ClN.C15H20ClN.C15H19ClN.C11H10ClN.C4H9.C3H3B.CH4O.B.2BrH.ClH.2Mg.Na.H/c1-12(2)10-15(18-11-19)16(8-3-9-16)13-4-6-14(17)7-5-13;1-12(2)11-15(18-3)16(9-4-10-16)13-5-7-14(17)8-6-13;2*1-11(2)10-14(17)15(8-3-9-15)12-4-6-13(16)7-5-12;12-10-4-2-9(3-5-10)11(8-13)6-1-7-11;1-4(2)3;1-2-3-4;1-2;;;;;;;;/h4-7,11-12,15H,3,8-10H2,1-2H3,(H,18,19);5-8,12,15,18H,4,9-11H2,1-3H3;4-7,11,17H,3,8-10H2,1-2H3;4-7,11H,3,8-10H2,1-2H3;2-5H,1,6-7H2;4H,1H2,2-3H3;1H3;2H,1H3;;3*1H;;;;/q;;;-1;;-1;;;;;;;2*+2;+1;-1/p-2. The van der Waals surface area contributed by atoms with E-state index < -0.39 is 0 Å². The molecule has 5 saturated carbocycles. The Morgan fingerprint density at radius 2 is 0.842 bits per heavy atom. The number of nitrogens with zero attached hydrogens (tertiary/aromatic N) is 2. The summed E-state index contributed by atoms with van der Waals surface area (Å²) >= 11 is 29.6. The Morgan fingerprint density at radius 3 is 1.07 bits per heavy atom. The third-order valence-corrected chi connectivity index (χ3v) is 20.5. The number of aliphatic hydroxyl groups is 1. The van der Waals surface area contributed by atoms with Gasteiger partial charge < -0.3 is 68.9 Å². The largest absolute Gasteiger partial charge is 2.00 e. The molecule has 5 aliphatic rings. The van der Waals surface area contributed by atoms with Crippen LogP contribution >= 0.6 is 70.4 Å². The van der Waals surface area contributed by atoms with Crippen LogP contribution < -0.4 is 74.2 Å². The average Bonchev–Trinajstić information content (AvgIpc) is 0.783. The summed E-state index contributed by atoms with van der Waals surface area (Å²) in [5.74, 6) is 7.58. The fraction of sp³-hybridized carbons (Fsp3) is 0.543. The second-order valence-electron chi connectivity index (χ2n) is 28.3. The van der Waals surface area contributed by atoms with E-state index in [1.54, 1.807) is 6.92 Å². The molecule has 5 aromatic rings. The molecule has 0 heterocycles. The van der Waals surface area contributed by atoms with Gasteiger partial charge in [0.25, 0.3) is 0 Å². The molecule has 1 amide bonds. The van der Waals surface area contributed by atoms with Gasteiger partial charge >= 0.3 is 75.7 Å². The molecular weight excluding hydrogens is 1540 g/mol. The Labute approximate surface area is 724 Å². The van der Waals surface area contributed by atoms with Crippen LogP contribution in [0.25, 0.3) is 5.41 Å². The molecule has 0 aliphatic heterocycles. The average molecular weight is 1650 g/mol. The summed E-state index contributed by atoms with van der Waals surface area (Å²) in [5.41, 5.74) is 8.10. The third kappa shape index (κ3) is 33.2. The van der Waals surface area contributed by atoms with Gasteiger partial charge in [-0.1, -0.05) is 220 Å². The SMILES string of the molecule is CC(C)CC(=N)C1(c2ccc(Cl)cc2)CCC1.CC(C)CC(=[N-])C1(c2ccc(Cl)cc2)CCC1.CC(C)CC(NC=O)C1(c2ccc(Cl)cc2)CCC1.CNC(CC(C)C)C1(c2ccc(Cl)cc2)CCC1.CO.Cl.N#CC1(c2ccc(Cl)cc2)CCC1.[B].[B]C#CC.[Br-].[Br-].[CH2-]C(C)C.[H-].[Mg+2].[Mg+2].[Na+]. The number of likely N-dealkylation sites (N-methyl/N-ethyl adjacent to an activating group) is 1. The van der Waals surface area contributed by atoms with Gasteiger partial charge in [-0.15, -0.1) is 18.3 Å². The topological polar surface area (TPSA) is 131 Å². The van der Waals surface area contributed by atoms with Crippen molar-refractivity contribution in [2.24, 2.45) is 29.6 Å². The molecule has 0 saturated heterocycles. The van der Waals surface area contributed by atoms with Crippen LogP contribution in [0.15, 0.2) is 121 Å². The molecule has 0 bridgehead atoms. The van der Waals surface area contributed by atoms with Gasteiger partial charge in [0.05, 0.1) is 11.5 Å². The van der Waals surface area contributed by atoms with Crippen molar-refractivity contribution in [2.75, 3.05) is 14.2 Å². The molecule has 5 radical (unpaired) electrons. The Morgan fingerprint density at radius 1 is 0.564 bits per heavy atom. The van der Waals surface area contributed by atoms with E-state index in [-0.39, 0.29) is 160 Å². The van der Waals surface area contributed by atoms with Crippen LogP contribution in [0.4, 0.5) is 0 Å². The van der Waals surface area contributed by atoms with Gasteiger partial charge in [0.2, 0.25) is 6.41 Å². The van der Waals surface area contributed by atoms with E-state index in [4.69, 9.17) is 73.8 Å². The van der Waals surface area contributed by atoms with Gasteiger partial charge in [-0.25, -0.2) is 0 Å². The number of amides is 1.